The van der Waals surface area contributed by atoms with Crippen LogP contribution in [0.1, 0.15) is 24.0 Å². The predicted molar refractivity (Wildman–Crippen MR) is 83.7 cm³/mol. The van der Waals surface area contributed by atoms with Gasteiger partial charge in [-0.05, 0) is 24.6 Å². The number of anilines is 1. The van der Waals surface area contributed by atoms with Crippen LogP contribution < -0.4 is 11.1 Å². The molecule has 0 bridgehead atoms. The fourth-order valence-corrected chi connectivity index (χ4v) is 1.86. The van der Waals surface area contributed by atoms with Crippen LogP contribution in [0, 0.1) is 11.8 Å². The second kappa shape index (κ2) is 7.22. The van der Waals surface area contributed by atoms with Crippen molar-refractivity contribution in [2.45, 2.75) is 12.8 Å². The molecule has 1 amide bonds. The second-order valence-electron chi connectivity index (χ2n) is 4.56. The lowest BCUT2D eigenvalue weighted by molar-refractivity contribution is -0.117. The maximum absolute atomic E-state index is 12.2. The summed E-state index contributed by atoms with van der Waals surface area (Å²) in [6, 6.07) is 13.1. The first-order valence-corrected chi connectivity index (χ1v) is 6.71. The Morgan fingerprint density at radius 3 is 2.81 bits per heavy atom. The zero-order chi connectivity index (χ0) is 15.1. The Balaban J connectivity index is 2.09. The first kappa shape index (κ1) is 14.8. The van der Waals surface area contributed by atoms with E-state index in [-0.39, 0.29) is 11.8 Å². The Bertz CT molecular complexity index is 671. The number of nitrogens with zero attached hydrogens (tertiary/aromatic N) is 1. The summed E-state index contributed by atoms with van der Waals surface area (Å²) in [6.45, 7) is 2.16. The van der Waals surface area contributed by atoms with Crippen molar-refractivity contribution in [2.75, 3.05) is 11.9 Å². The lowest BCUT2D eigenvalue weighted by Crippen LogP contribution is -2.19. The van der Waals surface area contributed by atoms with E-state index >= 15 is 0 Å². The van der Waals surface area contributed by atoms with E-state index in [1.54, 1.807) is 18.3 Å². The number of carbonyl (C=O) groups excluding carboxylic acids is 1. The Hall–Kier alpha value is -2.64. The Kier molecular flexibility index (Phi) is 5.08. The number of benzene rings is 1. The molecule has 2 aromatic rings. The van der Waals surface area contributed by atoms with Gasteiger partial charge in [-0.2, -0.15) is 0 Å². The van der Waals surface area contributed by atoms with E-state index in [2.05, 4.69) is 22.1 Å². The van der Waals surface area contributed by atoms with Gasteiger partial charge in [0, 0.05) is 11.8 Å². The molecule has 1 heterocycles. The molecule has 1 aromatic carbocycles. The minimum Gasteiger partial charge on any atom is -0.320 e. The quantitative estimate of drug-likeness (QED) is 0.846. The van der Waals surface area contributed by atoms with Crippen LogP contribution in [0.5, 0.6) is 0 Å². The van der Waals surface area contributed by atoms with Crippen molar-refractivity contribution in [1.82, 2.24) is 4.98 Å². The highest BCUT2D eigenvalue weighted by atomic mass is 16.1. The van der Waals surface area contributed by atoms with Crippen LogP contribution >= 0.6 is 0 Å². The van der Waals surface area contributed by atoms with Crippen molar-refractivity contribution in [1.29, 1.82) is 0 Å². The zero-order valence-electron chi connectivity index (χ0n) is 11.8. The van der Waals surface area contributed by atoms with Crippen LogP contribution in [0.4, 0.5) is 5.82 Å². The summed E-state index contributed by atoms with van der Waals surface area (Å²) in [4.78, 5) is 16.4. The van der Waals surface area contributed by atoms with Gasteiger partial charge in [-0.25, -0.2) is 4.98 Å². The number of hydrogen-bond acceptors (Lipinski definition) is 3. The number of aromatic nitrogens is 1. The zero-order valence-corrected chi connectivity index (χ0v) is 11.8. The number of amides is 1. The summed E-state index contributed by atoms with van der Waals surface area (Å²) in [5.74, 6) is 5.83. The van der Waals surface area contributed by atoms with E-state index in [1.807, 2.05) is 37.3 Å². The van der Waals surface area contributed by atoms with Crippen molar-refractivity contribution in [3.8, 4) is 11.8 Å². The van der Waals surface area contributed by atoms with Gasteiger partial charge in [0.15, 0.2) is 0 Å². The summed E-state index contributed by atoms with van der Waals surface area (Å²) in [5, 5.41) is 2.81. The summed E-state index contributed by atoms with van der Waals surface area (Å²) in [6.07, 6.45) is 1.61. The van der Waals surface area contributed by atoms with Crippen molar-refractivity contribution in [3.05, 3.63) is 59.8 Å². The molecule has 21 heavy (non-hydrogen) atoms. The second-order valence-corrected chi connectivity index (χ2v) is 4.56. The highest BCUT2D eigenvalue weighted by Gasteiger charge is 2.15. The fraction of sp³-hybridized carbons (Fsp3) is 0.176. The van der Waals surface area contributed by atoms with Crippen LogP contribution in [0.15, 0.2) is 48.7 Å². The number of rotatable bonds is 3. The van der Waals surface area contributed by atoms with Gasteiger partial charge in [0.2, 0.25) is 5.91 Å². The molecule has 1 atom stereocenters. The highest BCUT2D eigenvalue weighted by Crippen LogP contribution is 2.17. The van der Waals surface area contributed by atoms with Crippen molar-refractivity contribution in [3.63, 3.8) is 0 Å². The van der Waals surface area contributed by atoms with Gasteiger partial charge in [0.05, 0.1) is 12.5 Å². The molecule has 3 N–H and O–H groups in total. The number of pyridine rings is 1. The maximum Gasteiger partial charge on any atom is 0.232 e. The van der Waals surface area contributed by atoms with Gasteiger partial charge in [-0.15, -0.1) is 0 Å². The molecule has 0 radical (unpaired) electrons. The van der Waals surface area contributed by atoms with E-state index < -0.39 is 0 Å². The molecule has 1 unspecified atom stereocenters. The molecule has 0 saturated carbocycles. The van der Waals surface area contributed by atoms with E-state index in [4.69, 9.17) is 5.73 Å². The standard InChI is InChI=1S/C17H17N3O/c1-13(15-7-3-2-4-8-15)17(21)20-16-12-14(6-5-10-18)9-11-19-16/h2-4,7-9,11-13H,10,18H2,1H3,(H,19,20,21). The van der Waals surface area contributed by atoms with Gasteiger partial charge in [-0.1, -0.05) is 42.2 Å². The minimum atomic E-state index is -0.244. The number of carbonyl (C=O) groups is 1. The Labute approximate surface area is 124 Å². The van der Waals surface area contributed by atoms with E-state index in [1.165, 1.54) is 0 Å². The lowest BCUT2D eigenvalue weighted by atomic mass is 10.0. The molecule has 1 aromatic heterocycles. The molecular formula is C17H17N3O. The van der Waals surface area contributed by atoms with Gasteiger partial charge in [0.25, 0.3) is 0 Å². The summed E-state index contributed by atoms with van der Waals surface area (Å²) >= 11 is 0. The Morgan fingerprint density at radius 1 is 1.33 bits per heavy atom. The first-order chi connectivity index (χ1) is 10.2. The molecule has 4 heteroatoms. The molecule has 4 nitrogen and oxygen atoms in total. The molecule has 0 aliphatic heterocycles. The SMILES string of the molecule is CC(C(=O)Nc1cc(C#CCN)ccn1)c1ccccc1. The van der Waals surface area contributed by atoms with E-state index in [9.17, 15) is 4.79 Å². The van der Waals surface area contributed by atoms with Gasteiger partial charge in [0.1, 0.15) is 5.82 Å². The molecule has 0 saturated heterocycles. The normalized spacial score (nSPS) is 11.1. The molecule has 0 aliphatic rings. The van der Waals surface area contributed by atoms with Crippen LogP contribution in [0.2, 0.25) is 0 Å². The highest BCUT2D eigenvalue weighted by molar-refractivity contribution is 5.94. The molecule has 0 spiro atoms. The molecule has 0 fully saturated rings. The van der Waals surface area contributed by atoms with Gasteiger partial charge >= 0.3 is 0 Å². The summed E-state index contributed by atoms with van der Waals surface area (Å²) in [5.41, 5.74) is 7.08. The number of nitrogens with two attached hydrogens (primary N) is 1. The van der Waals surface area contributed by atoms with E-state index in [0.717, 1.165) is 11.1 Å². The van der Waals surface area contributed by atoms with Crippen LogP contribution in [0.25, 0.3) is 0 Å². The third kappa shape index (κ3) is 4.16. The number of nitrogens with one attached hydrogen (secondary N) is 1. The van der Waals surface area contributed by atoms with Crippen molar-refractivity contribution >= 4 is 11.7 Å². The number of hydrogen-bond donors (Lipinski definition) is 2. The van der Waals surface area contributed by atoms with Gasteiger partial charge in [-0.3, -0.25) is 4.79 Å². The fourth-order valence-electron chi connectivity index (χ4n) is 1.86. The van der Waals surface area contributed by atoms with E-state index in [0.29, 0.717) is 12.4 Å². The van der Waals surface area contributed by atoms with Crippen LogP contribution in [0.3, 0.4) is 0 Å². The Morgan fingerprint density at radius 2 is 2.10 bits per heavy atom. The minimum absolute atomic E-state index is 0.0994. The first-order valence-electron chi connectivity index (χ1n) is 6.71. The average Bonchev–Trinajstić information content (AvgIpc) is 2.53. The molecule has 2 rings (SSSR count). The van der Waals surface area contributed by atoms with Crippen molar-refractivity contribution in [2.24, 2.45) is 5.73 Å². The molecule has 0 aliphatic carbocycles. The third-order valence-corrected chi connectivity index (χ3v) is 3.04. The molecule has 106 valence electrons. The third-order valence-electron chi connectivity index (χ3n) is 3.04. The topological polar surface area (TPSA) is 68.0 Å². The van der Waals surface area contributed by atoms with Crippen LogP contribution in [-0.4, -0.2) is 17.4 Å². The smallest absolute Gasteiger partial charge is 0.232 e. The summed E-state index contributed by atoms with van der Waals surface area (Å²) < 4.78 is 0. The monoisotopic (exact) mass is 279 g/mol. The van der Waals surface area contributed by atoms with Crippen molar-refractivity contribution < 1.29 is 4.79 Å². The summed E-state index contributed by atoms with van der Waals surface area (Å²) in [7, 11) is 0. The van der Waals surface area contributed by atoms with Gasteiger partial charge < -0.3 is 11.1 Å². The maximum atomic E-state index is 12.2. The largest absolute Gasteiger partial charge is 0.320 e. The predicted octanol–water partition coefficient (Wildman–Crippen LogP) is 2.13. The lowest BCUT2D eigenvalue weighted by Gasteiger charge is -2.12. The molecular weight excluding hydrogens is 262 g/mol. The van der Waals surface area contributed by atoms with Crippen LogP contribution in [-0.2, 0) is 4.79 Å². The average molecular weight is 279 g/mol.